The first-order valence-corrected chi connectivity index (χ1v) is 10.2. The maximum Gasteiger partial charge on any atom is 0.417 e. The number of fused-ring (bicyclic) bond motifs is 1. The monoisotopic (exact) mass is 442 g/mol. The number of amides is 2. The highest BCUT2D eigenvalue weighted by atomic mass is 16.7. The van der Waals surface area contributed by atoms with Gasteiger partial charge in [-0.15, -0.1) is 0 Å². The number of rotatable bonds is 5. The van der Waals surface area contributed by atoms with E-state index in [1.807, 2.05) is 0 Å². The molecule has 1 aliphatic carbocycles. The quantitative estimate of drug-likeness (QED) is 0.737. The van der Waals surface area contributed by atoms with Gasteiger partial charge in [-0.1, -0.05) is 24.3 Å². The number of benzene rings is 1. The minimum atomic E-state index is -1.28. The van der Waals surface area contributed by atoms with Gasteiger partial charge < -0.3 is 19.9 Å². The lowest BCUT2D eigenvalue weighted by Crippen LogP contribution is -2.44. The highest BCUT2D eigenvalue weighted by Gasteiger charge is 2.42. The summed E-state index contributed by atoms with van der Waals surface area (Å²) < 4.78 is 16.2. The molecule has 0 bridgehead atoms. The van der Waals surface area contributed by atoms with Crippen LogP contribution in [0.4, 0.5) is 4.79 Å². The van der Waals surface area contributed by atoms with Crippen LogP contribution in [0.2, 0.25) is 0 Å². The number of nitrogens with zero attached hydrogens (tertiary/aromatic N) is 1. The van der Waals surface area contributed by atoms with E-state index in [0.29, 0.717) is 6.42 Å². The molecule has 0 saturated carbocycles. The van der Waals surface area contributed by atoms with Crippen LogP contribution in [0.5, 0.6) is 0 Å². The molecule has 170 valence electrons. The summed E-state index contributed by atoms with van der Waals surface area (Å²) in [4.78, 5) is 52.8. The second-order valence-corrected chi connectivity index (χ2v) is 8.30. The Labute approximate surface area is 185 Å². The van der Waals surface area contributed by atoms with Gasteiger partial charge in [-0.3, -0.25) is 14.4 Å². The minimum Gasteiger partial charge on any atom is -0.455 e. The summed E-state index contributed by atoms with van der Waals surface area (Å²) in [5.41, 5.74) is 5.19. The van der Waals surface area contributed by atoms with Gasteiger partial charge in [0.2, 0.25) is 6.29 Å². The van der Waals surface area contributed by atoms with Crippen LogP contribution in [0.3, 0.4) is 0 Å². The fraction of sp³-hybridized carbons (Fsp3) is 0.391. The molecular formula is C23H26N2O7. The molecule has 0 saturated heterocycles. The molecule has 0 fully saturated rings. The SMILES string of the molecule is COC1OC(C(=O)N(CCCN)C(=O)OC(C)(C)C)=CC2=C1C(=O)c1ccccc1C2=O. The lowest BCUT2D eigenvalue weighted by Gasteiger charge is -2.31. The number of hydrogen-bond donors (Lipinski definition) is 1. The Bertz CT molecular complexity index is 1030. The summed E-state index contributed by atoms with van der Waals surface area (Å²) in [7, 11) is 1.29. The molecule has 1 unspecified atom stereocenters. The van der Waals surface area contributed by atoms with Gasteiger partial charge in [-0.2, -0.15) is 0 Å². The molecule has 1 aliphatic heterocycles. The molecule has 0 aromatic heterocycles. The Morgan fingerprint density at radius 2 is 1.75 bits per heavy atom. The van der Waals surface area contributed by atoms with Crippen LogP contribution in [0, 0.1) is 0 Å². The van der Waals surface area contributed by atoms with E-state index in [9.17, 15) is 19.2 Å². The van der Waals surface area contributed by atoms with Crippen molar-refractivity contribution in [1.29, 1.82) is 0 Å². The van der Waals surface area contributed by atoms with E-state index in [4.69, 9.17) is 19.9 Å². The summed E-state index contributed by atoms with van der Waals surface area (Å²) in [5, 5.41) is 0. The number of nitrogens with two attached hydrogens (primary N) is 1. The summed E-state index contributed by atoms with van der Waals surface area (Å²) >= 11 is 0. The van der Waals surface area contributed by atoms with Crippen molar-refractivity contribution in [2.45, 2.75) is 39.1 Å². The molecule has 1 aromatic rings. The third-order valence-electron chi connectivity index (χ3n) is 4.81. The number of carbonyl (C=O) groups excluding carboxylic acids is 4. The summed E-state index contributed by atoms with van der Waals surface area (Å²) in [6.07, 6.45) is -0.632. The molecule has 0 spiro atoms. The van der Waals surface area contributed by atoms with E-state index >= 15 is 0 Å². The van der Waals surface area contributed by atoms with Crippen molar-refractivity contribution in [2.75, 3.05) is 20.2 Å². The van der Waals surface area contributed by atoms with Gasteiger partial charge >= 0.3 is 6.09 Å². The fourth-order valence-electron chi connectivity index (χ4n) is 3.38. The summed E-state index contributed by atoms with van der Waals surface area (Å²) in [5.74, 6) is -1.98. The van der Waals surface area contributed by atoms with Crippen LogP contribution in [0.15, 0.2) is 47.2 Å². The topological polar surface area (TPSA) is 125 Å². The van der Waals surface area contributed by atoms with Crippen molar-refractivity contribution in [2.24, 2.45) is 5.73 Å². The zero-order chi connectivity index (χ0) is 23.6. The Kier molecular flexibility index (Phi) is 6.61. The van der Waals surface area contributed by atoms with E-state index in [0.717, 1.165) is 4.90 Å². The van der Waals surface area contributed by atoms with E-state index in [1.165, 1.54) is 13.2 Å². The number of allylic oxidation sites excluding steroid dienone is 2. The molecule has 9 nitrogen and oxygen atoms in total. The van der Waals surface area contributed by atoms with Crippen molar-refractivity contribution in [3.8, 4) is 0 Å². The number of carbonyl (C=O) groups is 4. The van der Waals surface area contributed by atoms with E-state index in [2.05, 4.69) is 0 Å². The Morgan fingerprint density at radius 3 is 2.31 bits per heavy atom. The minimum absolute atomic E-state index is 0.00175. The normalized spacial score (nSPS) is 17.8. The van der Waals surface area contributed by atoms with E-state index in [-0.39, 0.29) is 41.1 Å². The van der Waals surface area contributed by atoms with Crippen molar-refractivity contribution in [1.82, 2.24) is 4.90 Å². The van der Waals surface area contributed by atoms with Gasteiger partial charge in [0.05, 0.1) is 5.57 Å². The molecular weight excluding hydrogens is 416 g/mol. The van der Waals surface area contributed by atoms with Crippen molar-refractivity contribution in [3.63, 3.8) is 0 Å². The van der Waals surface area contributed by atoms with Gasteiger partial charge in [-0.05, 0) is 39.8 Å². The fourth-order valence-corrected chi connectivity index (χ4v) is 3.38. The van der Waals surface area contributed by atoms with Gasteiger partial charge in [0.1, 0.15) is 5.60 Å². The third-order valence-corrected chi connectivity index (χ3v) is 4.81. The molecule has 32 heavy (non-hydrogen) atoms. The second-order valence-electron chi connectivity index (χ2n) is 8.30. The second kappa shape index (κ2) is 9.05. The number of ether oxygens (including phenoxy) is 3. The standard InChI is InChI=1S/C23H26N2O7/c1-23(2,3)32-22(29)25(11-7-10-24)20(28)16-12-15-17(21(30-4)31-16)19(27)14-9-6-5-8-13(14)18(15)26/h5-6,8-9,12,21H,7,10-11,24H2,1-4H3. The van der Waals surface area contributed by atoms with Crippen LogP contribution in [0.1, 0.15) is 47.9 Å². The molecule has 1 heterocycles. The van der Waals surface area contributed by atoms with Crippen molar-refractivity contribution in [3.05, 3.63) is 58.4 Å². The maximum absolute atomic E-state index is 13.2. The summed E-state index contributed by atoms with van der Waals surface area (Å²) in [6.45, 7) is 5.26. The van der Waals surface area contributed by atoms with E-state index < -0.39 is 35.5 Å². The Hall–Kier alpha value is -3.30. The molecule has 3 rings (SSSR count). The maximum atomic E-state index is 13.2. The van der Waals surface area contributed by atoms with Crippen LogP contribution < -0.4 is 5.73 Å². The van der Waals surface area contributed by atoms with Gasteiger partial charge in [0.25, 0.3) is 5.91 Å². The van der Waals surface area contributed by atoms with Crippen LogP contribution in [-0.4, -0.2) is 60.6 Å². The zero-order valence-electron chi connectivity index (χ0n) is 18.5. The number of imide groups is 1. The molecule has 2 aliphatic rings. The number of Topliss-reactive ketones (excluding diaryl/α,β-unsaturated/α-hetero) is 2. The first kappa shape index (κ1) is 23.4. The van der Waals surface area contributed by atoms with Crippen molar-refractivity contribution < 1.29 is 33.4 Å². The lowest BCUT2D eigenvalue weighted by molar-refractivity contribution is -0.137. The first-order valence-electron chi connectivity index (χ1n) is 10.2. The smallest absolute Gasteiger partial charge is 0.417 e. The van der Waals surface area contributed by atoms with Gasteiger partial charge in [-0.25, -0.2) is 9.69 Å². The van der Waals surface area contributed by atoms with Crippen LogP contribution in [0.25, 0.3) is 0 Å². The van der Waals surface area contributed by atoms with Crippen molar-refractivity contribution >= 4 is 23.6 Å². The molecule has 1 aromatic carbocycles. The average molecular weight is 442 g/mol. The van der Waals surface area contributed by atoms with E-state index in [1.54, 1.807) is 45.0 Å². The predicted molar refractivity (Wildman–Crippen MR) is 114 cm³/mol. The molecule has 2 N–H and O–H groups in total. The average Bonchev–Trinajstić information content (AvgIpc) is 2.75. The third kappa shape index (κ3) is 4.49. The summed E-state index contributed by atoms with van der Waals surface area (Å²) in [6, 6.07) is 6.39. The number of ketones is 2. The van der Waals surface area contributed by atoms with Crippen LogP contribution in [-0.2, 0) is 19.0 Å². The Balaban J connectivity index is 2.01. The highest BCUT2D eigenvalue weighted by molar-refractivity contribution is 6.28. The molecule has 2 amide bonds. The zero-order valence-corrected chi connectivity index (χ0v) is 18.5. The van der Waals surface area contributed by atoms with Gasteiger partial charge in [0, 0.05) is 30.4 Å². The lowest BCUT2D eigenvalue weighted by atomic mass is 9.82. The number of methoxy groups -OCH3 is 1. The van der Waals surface area contributed by atoms with Gasteiger partial charge in [0.15, 0.2) is 17.3 Å². The largest absolute Gasteiger partial charge is 0.455 e. The number of hydrogen-bond acceptors (Lipinski definition) is 8. The van der Waals surface area contributed by atoms with Crippen LogP contribution >= 0.6 is 0 Å². The molecule has 1 atom stereocenters. The highest BCUT2D eigenvalue weighted by Crippen LogP contribution is 2.35. The predicted octanol–water partition coefficient (Wildman–Crippen LogP) is 2.36. The molecule has 9 heteroatoms. The molecule has 0 radical (unpaired) electrons. The Morgan fingerprint density at radius 1 is 1.12 bits per heavy atom. The first-order chi connectivity index (χ1) is 15.1.